The van der Waals surface area contributed by atoms with Gasteiger partial charge in [-0.05, 0) is 17.7 Å². The summed E-state index contributed by atoms with van der Waals surface area (Å²) in [5.41, 5.74) is 1.97. The van der Waals surface area contributed by atoms with Crippen LogP contribution in [0.4, 0.5) is 5.69 Å². The molecule has 1 atom stereocenters. The van der Waals surface area contributed by atoms with Gasteiger partial charge in [0.2, 0.25) is 0 Å². The number of hydrogen-bond donors (Lipinski definition) is 0. The van der Waals surface area contributed by atoms with Gasteiger partial charge in [0.1, 0.15) is 11.5 Å². The number of rotatable bonds is 3. The Morgan fingerprint density at radius 3 is 2.60 bits per heavy atom. The highest BCUT2D eigenvalue weighted by Gasteiger charge is 2.36. The van der Waals surface area contributed by atoms with E-state index >= 15 is 0 Å². The molecule has 0 aromatic heterocycles. The summed E-state index contributed by atoms with van der Waals surface area (Å²) in [6, 6.07) is 14.6. The van der Waals surface area contributed by atoms with Crippen molar-refractivity contribution in [2.24, 2.45) is 0 Å². The zero-order valence-electron chi connectivity index (χ0n) is 13.6. The Bertz CT molecular complexity index is 813. The van der Waals surface area contributed by atoms with Crippen molar-refractivity contribution in [2.75, 3.05) is 26.3 Å². The molecule has 2 heterocycles. The van der Waals surface area contributed by atoms with Crippen molar-refractivity contribution in [1.82, 2.24) is 4.90 Å². The minimum atomic E-state index is -0.366. The molecule has 1 saturated heterocycles. The largest absolute Gasteiger partial charge is 0.459 e. The summed E-state index contributed by atoms with van der Waals surface area (Å²) in [4.78, 5) is 13.1. The van der Waals surface area contributed by atoms with E-state index in [-0.39, 0.29) is 16.7 Å². The van der Waals surface area contributed by atoms with Crippen LogP contribution in [0.25, 0.3) is 6.08 Å². The van der Waals surface area contributed by atoms with Gasteiger partial charge >= 0.3 is 0 Å². The molecule has 128 valence electrons. The maximum Gasteiger partial charge on any atom is 0.270 e. The number of morpholine rings is 1. The number of fused-ring (bicyclic) bond motifs is 1. The van der Waals surface area contributed by atoms with Gasteiger partial charge in [0.15, 0.2) is 0 Å². The first-order valence-electron chi connectivity index (χ1n) is 8.27. The van der Waals surface area contributed by atoms with E-state index in [4.69, 9.17) is 9.47 Å². The highest BCUT2D eigenvalue weighted by Crippen LogP contribution is 2.45. The van der Waals surface area contributed by atoms with Gasteiger partial charge in [0.25, 0.3) is 5.69 Å². The Labute approximate surface area is 145 Å². The first kappa shape index (κ1) is 15.8. The molecular formula is C19H18N2O4. The number of ether oxygens (including phenoxy) is 2. The number of non-ortho nitro benzene ring substituents is 1. The topological polar surface area (TPSA) is 64.8 Å². The number of nitro benzene ring substituents is 1. The summed E-state index contributed by atoms with van der Waals surface area (Å²) in [5, 5.41) is 11.2. The summed E-state index contributed by atoms with van der Waals surface area (Å²) >= 11 is 0. The van der Waals surface area contributed by atoms with Gasteiger partial charge in [-0.15, -0.1) is 0 Å². The molecule has 0 spiro atoms. The van der Waals surface area contributed by atoms with Crippen molar-refractivity contribution in [1.29, 1.82) is 0 Å². The van der Waals surface area contributed by atoms with Gasteiger partial charge in [0, 0.05) is 30.8 Å². The number of hydrogen-bond acceptors (Lipinski definition) is 5. The fraction of sp³-hybridized carbons (Fsp3) is 0.263. The lowest BCUT2D eigenvalue weighted by Gasteiger charge is -2.32. The average Bonchev–Trinajstić information content (AvgIpc) is 3.00. The van der Waals surface area contributed by atoms with Crippen LogP contribution in [0.3, 0.4) is 0 Å². The predicted molar refractivity (Wildman–Crippen MR) is 93.3 cm³/mol. The van der Waals surface area contributed by atoms with E-state index in [0.29, 0.717) is 19.0 Å². The highest BCUT2D eigenvalue weighted by molar-refractivity contribution is 5.60. The standard InChI is InChI=1S/C19H18N2O4/c22-21(23)15-6-7-17-16(13-15)19(20-8-10-24-11-9-20)18(25-17)12-14-4-2-1-3-5-14/h1-7,12-13,19H,8-11H2. The van der Waals surface area contributed by atoms with Crippen molar-refractivity contribution in [2.45, 2.75) is 6.04 Å². The molecule has 2 aliphatic heterocycles. The van der Waals surface area contributed by atoms with Crippen LogP contribution in [-0.4, -0.2) is 36.1 Å². The fourth-order valence-corrected chi connectivity index (χ4v) is 3.33. The predicted octanol–water partition coefficient (Wildman–Crippen LogP) is 3.40. The van der Waals surface area contributed by atoms with E-state index in [1.165, 1.54) is 6.07 Å². The molecule has 6 heteroatoms. The molecule has 0 radical (unpaired) electrons. The molecule has 0 aliphatic carbocycles. The zero-order chi connectivity index (χ0) is 17.2. The minimum Gasteiger partial charge on any atom is -0.459 e. The smallest absolute Gasteiger partial charge is 0.270 e. The van der Waals surface area contributed by atoms with Gasteiger partial charge in [-0.3, -0.25) is 15.0 Å². The molecule has 25 heavy (non-hydrogen) atoms. The molecule has 2 aliphatic rings. The monoisotopic (exact) mass is 338 g/mol. The highest BCUT2D eigenvalue weighted by atomic mass is 16.6. The first-order valence-corrected chi connectivity index (χ1v) is 8.27. The molecule has 4 rings (SSSR count). The molecule has 0 amide bonds. The third kappa shape index (κ3) is 3.14. The Morgan fingerprint density at radius 2 is 1.88 bits per heavy atom. The lowest BCUT2D eigenvalue weighted by molar-refractivity contribution is -0.384. The fourth-order valence-electron chi connectivity index (χ4n) is 3.33. The normalized spacial score (nSPS) is 21.8. The van der Waals surface area contributed by atoms with E-state index in [1.54, 1.807) is 12.1 Å². The summed E-state index contributed by atoms with van der Waals surface area (Å²) in [7, 11) is 0. The van der Waals surface area contributed by atoms with Crippen molar-refractivity contribution < 1.29 is 14.4 Å². The Balaban J connectivity index is 1.76. The third-order valence-electron chi connectivity index (χ3n) is 4.52. The molecule has 2 aromatic rings. The van der Waals surface area contributed by atoms with E-state index in [1.807, 2.05) is 36.4 Å². The molecular weight excluding hydrogens is 320 g/mol. The second-order valence-electron chi connectivity index (χ2n) is 6.09. The zero-order valence-corrected chi connectivity index (χ0v) is 13.6. The summed E-state index contributed by atoms with van der Waals surface area (Å²) in [6.07, 6.45) is 2.01. The van der Waals surface area contributed by atoms with E-state index < -0.39 is 0 Å². The van der Waals surface area contributed by atoms with Gasteiger partial charge in [-0.2, -0.15) is 0 Å². The number of benzene rings is 2. The lowest BCUT2D eigenvalue weighted by Crippen LogP contribution is -2.39. The van der Waals surface area contributed by atoms with Crippen molar-refractivity contribution >= 4 is 11.8 Å². The molecule has 2 aromatic carbocycles. The second-order valence-corrected chi connectivity index (χ2v) is 6.09. The van der Waals surface area contributed by atoms with E-state index in [9.17, 15) is 10.1 Å². The molecule has 0 N–H and O–H groups in total. The third-order valence-corrected chi connectivity index (χ3v) is 4.52. The van der Waals surface area contributed by atoms with Crippen LogP contribution in [0, 0.1) is 10.1 Å². The van der Waals surface area contributed by atoms with Crippen LogP contribution < -0.4 is 4.74 Å². The van der Waals surface area contributed by atoms with Crippen LogP contribution >= 0.6 is 0 Å². The Morgan fingerprint density at radius 1 is 1.12 bits per heavy atom. The van der Waals surface area contributed by atoms with Crippen molar-refractivity contribution in [3.05, 3.63) is 75.5 Å². The van der Waals surface area contributed by atoms with Crippen LogP contribution in [0.1, 0.15) is 17.2 Å². The number of nitro groups is 1. The molecule has 1 fully saturated rings. The molecule has 6 nitrogen and oxygen atoms in total. The SMILES string of the molecule is O=[N+]([O-])c1ccc2c(c1)C(N1CCOCC1)C(=Cc1ccccc1)O2. The van der Waals surface area contributed by atoms with Gasteiger partial charge < -0.3 is 9.47 Å². The van der Waals surface area contributed by atoms with Crippen molar-refractivity contribution in [3.63, 3.8) is 0 Å². The quantitative estimate of drug-likeness (QED) is 0.634. The van der Waals surface area contributed by atoms with Gasteiger partial charge in [-0.25, -0.2) is 0 Å². The van der Waals surface area contributed by atoms with Crippen LogP contribution in [0.2, 0.25) is 0 Å². The molecule has 0 bridgehead atoms. The van der Waals surface area contributed by atoms with E-state index in [0.717, 1.165) is 30.0 Å². The number of nitrogens with zero attached hydrogens (tertiary/aromatic N) is 2. The molecule has 0 saturated carbocycles. The first-order chi connectivity index (χ1) is 12.2. The van der Waals surface area contributed by atoms with Crippen LogP contribution in [0.5, 0.6) is 5.75 Å². The Hall–Kier alpha value is -2.70. The molecule has 1 unspecified atom stereocenters. The Kier molecular flexibility index (Phi) is 4.21. The minimum absolute atomic E-state index is 0.0848. The maximum absolute atomic E-state index is 11.2. The summed E-state index contributed by atoms with van der Waals surface area (Å²) < 4.78 is 11.5. The average molecular weight is 338 g/mol. The van der Waals surface area contributed by atoms with Crippen LogP contribution in [0.15, 0.2) is 54.3 Å². The second kappa shape index (κ2) is 6.66. The summed E-state index contributed by atoms with van der Waals surface area (Å²) in [6.45, 7) is 2.84. The van der Waals surface area contributed by atoms with Gasteiger partial charge in [-0.1, -0.05) is 30.3 Å². The van der Waals surface area contributed by atoms with Crippen LogP contribution in [-0.2, 0) is 4.74 Å². The maximum atomic E-state index is 11.2. The summed E-state index contributed by atoms with van der Waals surface area (Å²) in [5.74, 6) is 1.48. The van der Waals surface area contributed by atoms with E-state index in [2.05, 4.69) is 4.90 Å². The van der Waals surface area contributed by atoms with Crippen molar-refractivity contribution in [3.8, 4) is 5.75 Å². The van der Waals surface area contributed by atoms with Gasteiger partial charge in [0.05, 0.1) is 24.2 Å². The lowest BCUT2D eigenvalue weighted by atomic mass is 10.0.